The highest BCUT2D eigenvalue weighted by molar-refractivity contribution is 8.15. The Morgan fingerprint density at radius 3 is 2.53 bits per heavy atom. The fourth-order valence-corrected chi connectivity index (χ4v) is 9.29. The van der Waals surface area contributed by atoms with Crippen molar-refractivity contribution in [3.63, 3.8) is 0 Å². The minimum Gasteiger partial charge on any atom is -0.497 e. The minimum absolute atomic E-state index is 0.00406. The molecule has 3 fully saturated rings. The van der Waals surface area contributed by atoms with Crippen molar-refractivity contribution in [2.75, 3.05) is 13.7 Å². The molecule has 2 aromatic rings. The minimum atomic E-state index is -4.89. The van der Waals surface area contributed by atoms with Crippen LogP contribution in [0.3, 0.4) is 0 Å². The first-order valence-electron chi connectivity index (χ1n) is 19.3. The molecule has 2 aliphatic heterocycles. The number of methoxy groups -OCH3 is 1. The van der Waals surface area contributed by atoms with E-state index in [1.54, 1.807) is 56.8 Å². The third-order valence-electron chi connectivity index (χ3n) is 11.4. The van der Waals surface area contributed by atoms with E-state index in [1.165, 1.54) is 4.90 Å². The van der Waals surface area contributed by atoms with Crippen molar-refractivity contribution < 1.29 is 51.0 Å². The van der Waals surface area contributed by atoms with E-state index in [1.807, 2.05) is 19.1 Å². The standard InChI is InChI=1S/C40H51F4N5O7S/c1-7-57(38(41)15-16-38)48-35(52)39-21-26(39)11-9-8-10-23(2)18-24(3)31(46-36(53)56-37(4,5)40(42,43)44)34(51)49-22-28(20-30(49)32(50)47-39)55-33-29-13-12-27(54-6)19-25(29)14-17-45-33/h7,9,11-14,17,19,23-24,26,28,30-31H,8,10,15-16,18,20-22H2,1-6H3,(H,46,53)(H,47,50)(H,48,52)/b11-9-/t23-,24+,26+,28+,30-,31-,39+,57?/m0/s1. The number of nitrogens with one attached hydrogen (secondary N) is 3. The van der Waals surface area contributed by atoms with Crippen molar-refractivity contribution >= 4 is 50.6 Å². The molecule has 8 atom stereocenters. The Bertz CT molecular complexity index is 1960. The summed E-state index contributed by atoms with van der Waals surface area (Å²) in [5.74, 6) is -2.08. The van der Waals surface area contributed by atoms with E-state index in [2.05, 4.69) is 20.3 Å². The van der Waals surface area contributed by atoms with Crippen LogP contribution in [0.4, 0.5) is 22.4 Å². The summed E-state index contributed by atoms with van der Waals surface area (Å²) in [6, 6.07) is 4.46. The Balaban J connectivity index is 1.34. The monoisotopic (exact) mass is 821 g/mol. The van der Waals surface area contributed by atoms with E-state index in [9.17, 15) is 32.3 Å². The number of hydrogen-bond acceptors (Lipinski definition) is 8. The van der Waals surface area contributed by atoms with E-state index < -0.39 is 86.8 Å². The molecule has 2 saturated carbocycles. The van der Waals surface area contributed by atoms with E-state index in [0.717, 1.165) is 5.39 Å². The van der Waals surface area contributed by atoms with Crippen molar-refractivity contribution in [1.82, 2.24) is 25.2 Å². The second-order valence-corrected chi connectivity index (χ2v) is 18.3. The molecule has 4 amide bonds. The van der Waals surface area contributed by atoms with Crippen LogP contribution in [0.15, 0.2) is 42.6 Å². The molecule has 0 radical (unpaired) electrons. The zero-order valence-electron chi connectivity index (χ0n) is 32.9. The topological polar surface area (TPSA) is 148 Å². The van der Waals surface area contributed by atoms with Crippen LogP contribution in [0.25, 0.3) is 10.8 Å². The number of benzene rings is 1. The zero-order chi connectivity index (χ0) is 41.5. The Morgan fingerprint density at radius 2 is 1.86 bits per heavy atom. The van der Waals surface area contributed by atoms with Gasteiger partial charge in [0.2, 0.25) is 23.3 Å². The lowest BCUT2D eigenvalue weighted by Gasteiger charge is -2.34. The first-order chi connectivity index (χ1) is 26.8. The second kappa shape index (κ2) is 16.1. The zero-order valence-corrected chi connectivity index (χ0v) is 33.7. The van der Waals surface area contributed by atoms with Crippen molar-refractivity contribution in [3.05, 3.63) is 42.6 Å². The lowest BCUT2D eigenvalue weighted by atomic mass is 9.88. The molecule has 1 aromatic carbocycles. The molecule has 4 aliphatic rings. The van der Waals surface area contributed by atoms with Gasteiger partial charge in [0.1, 0.15) is 29.5 Å². The van der Waals surface area contributed by atoms with Crippen LogP contribution in [0.2, 0.25) is 0 Å². The first kappa shape index (κ1) is 42.2. The summed E-state index contributed by atoms with van der Waals surface area (Å²) >= 11 is 0. The number of alkyl carbamates (subject to hydrolysis) is 1. The molecule has 1 aromatic heterocycles. The number of pyridine rings is 1. The molecule has 1 saturated heterocycles. The summed E-state index contributed by atoms with van der Waals surface area (Å²) in [5.41, 5.74) is -4.28. The van der Waals surface area contributed by atoms with Crippen molar-refractivity contribution in [3.8, 4) is 11.6 Å². The molecule has 2 aliphatic carbocycles. The smallest absolute Gasteiger partial charge is 0.427 e. The number of halogens is 4. The van der Waals surface area contributed by atoms with Gasteiger partial charge < -0.3 is 34.5 Å². The number of rotatable bonds is 8. The summed E-state index contributed by atoms with van der Waals surface area (Å²) in [6.45, 7) is 6.62. The average Bonchev–Trinajstić information content (AvgIpc) is 4.02. The van der Waals surface area contributed by atoms with Crippen LogP contribution >= 0.6 is 10.7 Å². The summed E-state index contributed by atoms with van der Waals surface area (Å²) in [5, 5.41) is 6.84. The van der Waals surface area contributed by atoms with Crippen LogP contribution < -0.4 is 24.8 Å². The number of nitrogens with zero attached hydrogens (tertiary/aromatic N) is 2. The Morgan fingerprint density at radius 1 is 1.12 bits per heavy atom. The fraction of sp³-hybridized carbons (Fsp3) is 0.600. The lowest BCUT2D eigenvalue weighted by Crippen LogP contribution is -2.59. The lowest BCUT2D eigenvalue weighted by molar-refractivity contribution is -0.244. The molecule has 312 valence electrons. The molecule has 12 nitrogen and oxygen atoms in total. The number of hydrogen-bond donors (Lipinski definition) is 3. The van der Waals surface area contributed by atoms with Crippen LogP contribution in [0.5, 0.6) is 11.6 Å². The highest BCUT2D eigenvalue weighted by Gasteiger charge is 2.62. The number of aromatic nitrogens is 1. The van der Waals surface area contributed by atoms with Gasteiger partial charge in [0.15, 0.2) is 5.00 Å². The number of ether oxygens (including phenoxy) is 3. The summed E-state index contributed by atoms with van der Waals surface area (Å²) in [6.07, 6.45) is 0.732. The predicted octanol–water partition coefficient (Wildman–Crippen LogP) is 6.50. The molecule has 0 spiro atoms. The average molecular weight is 822 g/mol. The van der Waals surface area contributed by atoms with Crippen molar-refractivity contribution in [2.45, 2.75) is 120 Å². The quantitative estimate of drug-likeness (QED) is 0.156. The third kappa shape index (κ3) is 9.02. The molecular weight excluding hydrogens is 771 g/mol. The van der Waals surface area contributed by atoms with Gasteiger partial charge in [-0.05, 0) is 106 Å². The van der Waals surface area contributed by atoms with E-state index >= 15 is 4.39 Å². The van der Waals surface area contributed by atoms with Gasteiger partial charge in [0.25, 0.3) is 5.91 Å². The van der Waals surface area contributed by atoms with Crippen LogP contribution in [0.1, 0.15) is 79.6 Å². The first-order valence-corrected chi connectivity index (χ1v) is 20.6. The molecular formula is C40H51F4N5O7S. The normalized spacial score (nSPS) is 30.1. The van der Waals surface area contributed by atoms with Crippen LogP contribution in [0, 0.1) is 17.8 Å². The summed E-state index contributed by atoms with van der Waals surface area (Å²) < 4.78 is 75.8. The highest BCUT2D eigenvalue weighted by atomic mass is 32.2. The van der Waals surface area contributed by atoms with Gasteiger partial charge in [-0.15, -0.1) is 0 Å². The van der Waals surface area contributed by atoms with Crippen LogP contribution in [-0.2, 0) is 19.1 Å². The molecule has 3 N–H and O–H groups in total. The summed E-state index contributed by atoms with van der Waals surface area (Å²) in [7, 11) is 0.357. The molecule has 3 heterocycles. The maximum atomic E-state index is 15.2. The number of fused-ring (bicyclic) bond motifs is 3. The van der Waals surface area contributed by atoms with Gasteiger partial charge in [-0.1, -0.05) is 36.7 Å². The number of alkyl halides is 4. The van der Waals surface area contributed by atoms with Crippen molar-refractivity contribution in [1.29, 1.82) is 0 Å². The van der Waals surface area contributed by atoms with Gasteiger partial charge >= 0.3 is 12.3 Å². The highest BCUT2D eigenvalue weighted by Crippen LogP contribution is 2.53. The van der Waals surface area contributed by atoms with E-state index in [-0.39, 0.29) is 31.2 Å². The number of carbonyl (C=O) groups is 4. The van der Waals surface area contributed by atoms with Gasteiger partial charge in [0.05, 0.1) is 13.7 Å². The van der Waals surface area contributed by atoms with Crippen LogP contribution in [-0.4, -0.2) is 93.2 Å². The third-order valence-corrected chi connectivity index (χ3v) is 13.5. The van der Waals surface area contributed by atoms with Gasteiger partial charge in [-0.2, -0.15) is 13.2 Å². The maximum absolute atomic E-state index is 15.2. The fourth-order valence-electron chi connectivity index (χ4n) is 7.64. The molecule has 1 unspecified atom stereocenters. The number of carbonyl (C=O) groups excluding carboxylic acids is 4. The number of allylic oxidation sites excluding steroid dienone is 1. The Labute approximate surface area is 331 Å². The van der Waals surface area contributed by atoms with Gasteiger partial charge in [-0.25, -0.2) is 14.2 Å². The molecule has 57 heavy (non-hydrogen) atoms. The van der Waals surface area contributed by atoms with Gasteiger partial charge in [0, 0.05) is 23.9 Å². The molecule has 6 rings (SSSR count). The predicted molar refractivity (Wildman–Crippen MR) is 207 cm³/mol. The van der Waals surface area contributed by atoms with E-state index in [4.69, 9.17) is 14.2 Å². The second-order valence-electron chi connectivity index (χ2n) is 16.2. The Hall–Kier alpha value is -4.41. The molecule has 17 heteroatoms. The van der Waals surface area contributed by atoms with Gasteiger partial charge in [-0.3, -0.25) is 14.4 Å². The maximum Gasteiger partial charge on any atom is 0.427 e. The number of amides is 4. The summed E-state index contributed by atoms with van der Waals surface area (Å²) in [4.78, 5) is 62.1. The largest absolute Gasteiger partial charge is 0.497 e. The van der Waals surface area contributed by atoms with E-state index in [0.29, 0.717) is 57.1 Å². The SMILES string of the molecule is C/C=S(/NC(=O)[C@@]12C[C@H]1/C=C\CC[C@H](C)C[C@@H](C)[C@H](NC(=O)OC(C)(C)C(F)(F)F)C(=O)N1C[C@H](Oc3nccc4cc(OC)ccc34)C[C@H]1C(=O)N2)C1(F)CC1. The molecule has 0 bridgehead atoms. The Kier molecular flexibility index (Phi) is 11.9. The van der Waals surface area contributed by atoms with Crippen molar-refractivity contribution in [2.24, 2.45) is 17.8 Å².